The van der Waals surface area contributed by atoms with Crippen LogP contribution in [0.15, 0.2) is 6.33 Å². The molecular formula is C13H22N4S. The highest BCUT2D eigenvalue weighted by Crippen LogP contribution is 2.28. The highest BCUT2D eigenvalue weighted by atomic mass is 32.2. The number of thioether (sulfide) groups is 1. The molecule has 2 rings (SSSR count). The summed E-state index contributed by atoms with van der Waals surface area (Å²) >= 11 is 2.03. The van der Waals surface area contributed by atoms with E-state index in [0.29, 0.717) is 6.04 Å². The minimum atomic E-state index is 0.554. The van der Waals surface area contributed by atoms with Gasteiger partial charge in [0.2, 0.25) is 0 Å². The standard InChI is InChI=1S/C13H22N4S/c1-4-11-12(14-5-2)15-9-16-13(11)17-6-7-18-8-10(17)3/h9-10H,4-8H2,1-3H3,(H,14,15,16). The average Bonchev–Trinajstić information content (AvgIpc) is 2.39. The number of aromatic nitrogens is 2. The summed E-state index contributed by atoms with van der Waals surface area (Å²) in [6, 6.07) is 0.554. The SMILES string of the molecule is CCNc1ncnc(N2CCSCC2C)c1CC. The zero-order valence-corrected chi connectivity index (χ0v) is 12.3. The summed E-state index contributed by atoms with van der Waals surface area (Å²) < 4.78 is 0. The average molecular weight is 266 g/mol. The van der Waals surface area contributed by atoms with Crippen molar-refractivity contribution in [2.45, 2.75) is 33.2 Å². The van der Waals surface area contributed by atoms with Gasteiger partial charge in [0.05, 0.1) is 0 Å². The summed E-state index contributed by atoms with van der Waals surface area (Å²) in [5.74, 6) is 4.49. The smallest absolute Gasteiger partial charge is 0.137 e. The lowest BCUT2D eigenvalue weighted by Gasteiger charge is -2.35. The lowest BCUT2D eigenvalue weighted by molar-refractivity contribution is 0.683. The topological polar surface area (TPSA) is 41.1 Å². The van der Waals surface area contributed by atoms with Crippen LogP contribution in [-0.2, 0) is 6.42 Å². The molecule has 18 heavy (non-hydrogen) atoms. The molecule has 1 aromatic rings. The number of nitrogens with zero attached hydrogens (tertiary/aromatic N) is 3. The molecule has 1 aromatic heterocycles. The number of rotatable bonds is 4. The van der Waals surface area contributed by atoms with Gasteiger partial charge in [-0.3, -0.25) is 0 Å². The van der Waals surface area contributed by atoms with Crippen LogP contribution in [0, 0.1) is 0 Å². The Morgan fingerprint density at radius 3 is 2.94 bits per heavy atom. The van der Waals surface area contributed by atoms with Crippen LogP contribution in [-0.4, -0.2) is 40.6 Å². The van der Waals surface area contributed by atoms with E-state index in [-0.39, 0.29) is 0 Å². The minimum absolute atomic E-state index is 0.554. The van der Waals surface area contributed by atoms with Crippen molar-refractivity contribution in [1.82, 2.24) is 9.97 Å². The Morgan fingerprint density at radius 2 is 2.28 bits per heavy atom. The molecule has 0 saturated carbocycles. The molecule has 1 unspecified atom stereocenters. The molecule has 0 radical (unpaired) electrons. The van der Waals surface area contributed by atoms with Crippen LogP contribution in [0.5, 0.6) is 0 Å². The van der Waals surface area contributed by atoms with Crippen LogP contribution in [0.4, 0.5) is 11.6 Å². The maximum absolute atomic E-state index is 4.53. The molecule has 1 atom stereocenters. The molecule has 1 aliphatic rings. The van der Waals surface area contributed by atoms with Crippen LogP contribution in [0.2, 0.25) is 0 Å². The van der Waals surface area contributed by atoms with E-state index in [4.69, 9.17) is 0 Å². The number of hydrogen-bond donors (Lipinski definition) is 1. The fraction of sp³-hybridized carbons (Fsp3) is 0.692. The Labute approximate surface area is 114 Å². The predicted molar refractivity (Wildman–Crippen MR) is 79.7 cm³/mol. The molecule has 1 fully saturated rings. The lowest BCUT2D eigenvalue weighted by Crippen LogP contribution is -2.41. The third-order valence-corrected chi connectivity index (χ3v) is 4.45. The van der Waals surface area contributed by atoms with E-state index in [1.165, 1.54) is 17.1 Å². The first-order valence-corrected chi connectivity index (χ1v) is 7.85. The van der Waals surface area contributed by atoms with Crippen molar-refractivity contribution < 1.29 is 0 Å². The molecular weight excluding hydrogens is 244 g/mol. The maximum Gasteiger partial charge on any atom is 0.137 e. The molecule has 0 amide bonds. The fourth-order valence-electron chi connectivity index (χ4n) is 2.34. The molecule has 0 bridgehead atoms. The van der Waals surface area contributed by atoms with Crippen LogP contribution >= 0.6 is 11.8 Å². The van der Waals surface area contributed by atoms with Crippen molar-refractivity contribution in [1.29, 1.82) is 0 Å². The minimum Gasteiger partial charge on any atom is -0.370 e. The zero-order chi connectivity index (χ0) is 13.0. The summed E-state index contributed by atoms with van der Waals surface area (Å²) in [7, 11) is 0. The monoisotopic (exact) mass is 266 g/mol. The normalized spacial score (nSPS) is 19.9. The van der Waals surface area contributed by atoms with E-state index in [0.717, 1.165) is 31.1 Å². The highest BCUT2D eigenvalue weighted by molar-refractivity contribution is 7.99. The van der Waals surface area contributed by atoms with Gasteiger partial charge in [0.1, 0.15) is 18.0 Å². The first-order chi connectivity index (χ1) is 8.77. The maximum atomic E-state index is 4.53. The zero-order valence-electron chi connectivity index (χ0n) is 11.4. The van der Waals surface area contributed by atoms with Gasteiger partial charge in [0.15, 0.2) is 0 Å². The van der Waals surface area contributed by atoms with E-state index < -0.39 is 0 Å². The summed E-state index contributed by atoms with van der Waals surface area (Å²) in [6.45, 7) is 8.53. The Bertz CT molecular complexity index is 397. The van der Waals surface area contributed by atoms with Gasteiger partial charge in [0, 0.05) is 36.2 Å². The molecule has 2 heterocycles. The molecule has 1 N–H and O–H groups in total. The first-order valence-electron chi connectivity index (χ1n) is 6.70. The van der Waals surface area contributed by atoms with Crippen molar-refractivity contribution in [2.24, 2.45) is 0 Å². The van der Waals surface area contributed by atoms with E-state index in [1.807, 2.05) is 11.8 Å². The van der Waals surface area contributed by atoms with Gasteiger partial charge in [-0.05, 0) is 20.3 Å². The Hall–Kier alpha value is -0.970. The van der Waals surface area contributed by atoms with Crippen LogP contribution in [0.3, 0.4) is 0 Å². The van der Waals surface area contributed by atoms with Gasteiger partial charge in [-0.15, -0.1) is 0 Å². The highest BCUT2D eigenvalue weighted by Gasteiger charge is 2.23. The Balaban J connectivity index is 2.33. The lowest BCUT2D eigenvalue weighted by atomic mass is 10.1. The second-order valence-corrected chi connectivity index (χ2v) is 5.68. The summed E-state index contributed by atoms with van der Waals surface area (Å²) in [5, 5.41) is 3.34. The van der Waals surface area contributed by atoms with Crippen molar-refractivity contribution in [2.75, 3.05) is 34.8 Å². The van der Waals surface area contributed by atoms with Gasteiger partial charge in [-0.25, -0.2) is 9.97 Å². The molecule has 0 aromatic carbocycles. The molecule has 5 heteroatoms. The van der Waals surface area contributed by atoms with Gasteiger partial charge in [-0.1, -0.05) is 6.92 Å². The summed E-state index contributed by atoms with van der Waals surface area (Å²) in [5.41, 5.74) is 1.25. The van der Waals surface area contributed by atoms with Gasteiger partial charge in [0.25, 0.3) is 0 Å². The largest absolute Gasteiger partial charge is 0.370 e. The molecule has 0 aliphatic carbocycles. The van der Waals surface area contributed by atoms with E-state index in [1.54, 1.807) is 6.33 Å². The predicted octanol–water partition coefficient (Wildman–Crippen LogP) is 2.41. The summed E-state index contributed by atoms with van der Waals surface area (Å²) in [6.07, 6.45) is 2.65. The quantitative estimate of drug-likeness (QED) is 0.906. The van der Waals surface area contributed by atoms with Gasteiger partial charge >= 0.3 is 0 Å². The van der Waals surface area contributed by atoms with Crippen molar-refractivity contribution in [3.05, 3.63) is 11.9 Å². The molecule has 1 aliphatic heterocycles. The first kappa shape index (κ1) is 13.5. The van der Waals surface area contributed by atoms with E-state index in [9.17, 15) is 0 Å². The second-order valence-electron chi connectivity index (χ2n) is 4.53. The number of nitrogens with one attached hydrogen (secondary N) is 1. The third-order valence-electron chi connectivity index (χ3n) is 3.26. The fourth-order valence-corrected chi connectivity index (χ4v) is 3.35. The molecule has 4 nitrogen and oxygen atoms in total. The van der Waals surface area contributed by atoms with E-state index in [2.05, 4.69) is 41.0 Å². The third kappa shape index (κ3) is 2.71. The number of hydrogen-bond acceptors (Lipinski definition) is 5. The molecule has 100 valence electrons. The molecule has 1 saturated heterocycles. The van der Waals surface area contributed by atoms with E-state index >= 15 is 0 Å². The van der Waals surface area contributed by atoms with Gasteiger partial charge in [-0.2, -0.15) is 11.8 Å². The number of anilines is 2. The van der Waals surface area contributed by atoms with Crippen LogP contribution in [0.25, 0.3) is 0 Å². The van der Waals surface area contributed by atoms with Crippen molar-refractivity contribution >= 4 is 23.4 Å². The van der Waals surface area contributed by atoms with Gasteiger partial charge < -0.3 is 10.2 Å². The van der Waals surface area contributed by atoms with Crippen molar-refractivity contribution in [3.63, 3.8) is 0 Å². The Kier molecular flexibility index (Phi) is 4.69. The van der Waals surface area contributed by atoms with Crippen LogP contribution < -0.4 is 10.2 Å². The van der Waals surface area contributed by atoms with Crippen LogP contribution in [0.1, 0.15) is 26.3 Å². The summed E-state index contributed by atoms with van der Waals surface area (Å²) in [4.78, 5) is 11.3. The molecule has 0 spiro atoms. The van der Waals surface area contributed by atoms with Crippen molar-refractivity contribution in [3.8, 4) is 0 Å². The Morgan fingerprint density at radius 1 is 1.44 bits per heavy atom. The second kappa shape index (κ2) is 6.27.